The molecule has 0 aliphatic rings. The minimum Gasteiger partial charge on any atom is -0.497 e. The van der Waals surface area contributed by atoms with Crippen LogP contribution in [0.3, 0.4) is 0 Å². The zero-order valence-corrected chi connectivity index (χ0v) is 9.76. The molecule has 90 valence electrons. The molecule has 1 aromatic heterocycles. The molecule has 1 atom stereocenters. The summed E-state index contributed by atoms with van der Waals surface area (Å²) in [5.41, 5.74) is 1.18. The lowest BCUT2D eigenvalue weighted by molar-refractivity contribution is 0.159. The number of rotatable bonds is 5. The van der Waals surface area contributed by atoms with Gasteiger partial charge in [0.1, 0.15) is 17.7 Å². The van der Waals surface area contributed by atoms with Crippen LogP contribution in [-0.4, -0.2) is 22.2 Å². The molecule has 2 N–H and O–H groups in total. The van der Waals surface area contributed by atoms with Crippen molar-refractivity contribution in [3.63, 3.8) is 0 Å². The summed E-state index contributed by atoms with van der Waals surface area (Å²) >= 11 is 0. The number of hydrogen-bond donors (Lipinski definition) is 2. The fourth-order valence-corrected chi connectivity index (χ4v) is 1.69. The number of benzene rings is 1. The number of methoxy groups -OCH3 is 1. The van der Waals surface area contributed by atoms with Crippen molar-refractivity contribution in [2.75, 3.05) is 7.11 Å². The quantitative estimate of drug-likeness (QED) is 0.829. The smallest absolute Gasteiger partial charge is 0.135 e. The molecule has 17 heavy (non-hydrogen) atoms. The Morgan fingerprint density at radius 1 is 1.35 bits per heavy atom. The van der Waals surface area contributed by atoms with Gasteiger partial charge in [-0.15, -0.1) is 0 Å². The molecule has 0 saturated heterocycles. The van der Waals surface area contributed by atoms with Crippen molar-refractivity contribution >= 4 is 0 Å². The Hall–Kier alpha value is -1.81. The van der Waals surface area contributed by atoms with E-state index >= 15 is 0 Å². The average molecular weight is 232 g/mol. The Kier molecular flexibility index (Phi) is 3.77. The fraction of sp³-hybridized carbons (Fsp3) is 0.308. The lowest BCUT2D eigenvalue weighted by Gasteiger charge is -2.08. The Morgan fingerprint density at radius 3 is 2.71 bits per heavy atom. The summed E-state index contributed by atoms with van der Waals surface area (Å²) < 4.78 is 5.09. The van der Waals surface area contributed by atoms with Crippen LogP contribution in [0.25, 0.3) is 0 Å². The molecule has 0 aliphatic carbocycles. The number of aliphatic hydroxyl groups is 1. The first-order valence-electron chi connectivity index (χ1n) is 5.60. The molecule has 0 amide bonds. The van der Waals surface area contributed by atoms with Gasteiger partial charge < -0.3 is 14.8 Å². The number of aromatic nitrogens is 2. The molecule has 0 bridgehead atoms. The first-order chi connectivity index (χ1) is 8.29. The topological polar surface area (TPSA) is 58.1 Å². The van der Waals surface area contributed by atoms with Crippen LogP contribution in [0.15, 0.2) is 36.7 Å². The van der Waals surface area contributed by atoms with Crippen molar-refractivity contribution in [2.45, 2.75) is 18.9 Å². The van der Waals surface area contributed by atoms with Crippen LogP contribution in [0.4, 0.5) is 0 Å². The zero-order chi connectivity index (χ0) is 12.1. The predicted molar refractivity (Wildman–Crippen MR) is 64.9 cm³/mol. The second-order valence-corrected chi connectivity index (χ2v) is 3.88. The lowest BCUT2D eigenvalue weighted by atomic mass is 10.1. The highest BCUT2D eigenvalue weighted by Gasteiger charge is 2.09. The van der Waals surface area contributed by atoms with Crippen molar-refractivity contribution < 1.29 is 9.84 Å². The van der Waals surface area contributed by atoms with Crippen LogP contribution >= 0.6 is 0 Å². The predicted octanol–water partition coefficient (Wildman–Crippen LogP) is 2.08. The van der Waals surface area contributed by atoms with Gasteiger partial charge in [-0.25, -0.2) is 4.98 Å². The Bertz CT molecular complexity index is 437. The van der Waals surface area contributed by atoms with Crippen LogP contribution < -0.4 is 4.74 Å². The summed E-state index contributed by atoms with van der Waals surface area (Å²) in [7, 11) is 1.65. The zero-order valence-electron chi connectivity index (χ0n) is 9.76. The minimum absolute atomic E-state index is 0.535. The molecule has 0 saturated carbocycles. The van der Waals surface area contributed by atoms with Crippen LogP contribution in [0, 0.1) is 0 Å². The SMILES string of the molecule is COc1ccc(CCC(O)c2ncc[nH]2)cc1. The van der Waals surface area contributed by atoms with Gasteiger partial charge in [-0.1, -0.05) is 12.1 Å². The first-order valence-corrected chi connectivity index (χ1v) is 5.60. The van der Waals surface area contributed by atoms with Gasteiger partial charge in [-0.05, 0) is 30.5 Å². The average Bonchev–Trinajstić information content (AvgIpc) is 2.90. The molecule has 4 heteroatoms. The largest absolute Gasteiger partial charge is 0.497 e. The molecule has 4 nitrogen and oxygen atoms in total. The van der Waals surface area contributed by atoms with Crippen LogP contribution in [0.5, 0.6) is 5.75 Å². The third-order valence-corrected chi connectivity index (χ3v) is 2.70. The van der Waals surface area contributed by atoms with E-state index < -0.39 is 6.10 Å². The Labute approximate surface area is 100 Å². The highest BCUT2D eigenvalue weighted by molar-refractivity contribution is 5.27. The van der Waals surface area contributed by atoms with E-state index in [9.17, 15) is 5.11 Å². The van der Waals surface area contributed by atoms with Crippen molar-refractivity contribution in [3.8, 4) is 5.75 Å². The van der Waals surface area contributed by atoms with Crippen molar-refractivity contribution in [1.82, 2.24) is 9.97 Å². The standard InChI is InChI=1S/C13H16N2O2/c1-17-11-5-2-10(3-6-11)4-7-12(16)13-14-8-9-15-13/h2-3,5-6,8-9,12,16H,4,7H2,1H3,(H,14,15). The van der Waals surface area contributed by atoms with E-state index in [0.717, 1.165) is 12.2 Å². The lowest BCUT2D eigenvalue weighted by Crippen LogP contribution is -2.01. The molecule has 2 aromatic rings. The van der Waals surface area contributed by atoms with Crippen molar-refractivity contribution in [2.24, 2.45) is 0 Å². The number of imidazole rings is 1. The second-order valence-electron chi connectivity index (χ2n) is 3.88. The number of nitrogens with one attached hydrogen (secondary N) is 1. The van der Waals surface area contributed by atoms with Gasteiger partial charge in [0, 0.05) is 12.4 Å². The van der Waals surface area contributed by atoms with E-state index in [-0.39, 0.29) is 0 Å². The summed E-state index contributed by atoms with van der Waals surface area (Å²) in [5, 5.41) is 9.85. The van der Waals surface area contributed by atoms with Gasteiger partial charge in [0.15, 0.2) is 0 Å². The molecular weight excluding hydrogens is 216 g/mol. The highest BCUT2D eigenvalue weighted by atomic mass is 16.5. The number of ether oxygens (including phenoxy) is 1. The number of aliphatic hydroxyl groups excluding tert-OH is 1. The monoisotopic (exact) mass is 232 g/mol. The number of aromatic amines is 1. The molecule has 2 rings (SSSR count). The molecule has 0 spiro atoms. The van der Waals surface area contributed by atoms with E-state index in [1.165, 1.54) is 5.56 Å². The van der Waals surface area contributed by atoms with Gasteiger partial charge in [0.05, 0.1) is 7.11 Å². The van der Waals surface area contributed by atoms with Crippen LogP contribution in [0.1, 0.15) is 23.9 Å². The van der Waals surface area contributed by atoms with E-state index in [1.807, 2.05) is 24.3 Å². The fourth-order valence-electron chi connectivity index (χ4n) is 1.69. The second kappa shape index (κ2) is 5.50. The van der Waals surface area contributed by atoms with Crippen molar-refractivity contribution in [3.05, 3.63) is 48.0 Å². The molecule has 0 fully saturated rings. The summed E-state index contributed by atoms with van der Waals surface area (Å²) in [4.78, 5) is 6.94. The number of hydrogen-bond acceptors (Lipinski definition) is 3. The van der Waals surface area contributed by atoms with E-state index in [2.05, 4.69) is 9.97 Å². The Balaban J connectivity index is 1.89. The van der Waals surface area contributed by atoms with Crippen LogP contribution in [-0.2, 0) is 6.42 Å². The molecular formula is C13H16N2O2. The molecule has 1 unspecified atom stereocenters. The van der Waals surface area contributed by atoms with Gasteiger partial charge in [-0.3, -0.25) is 0 Å². The van der Waals surface area contributed by atoms with Gasteiger partial charge in [0.25, 0.3) is 0 Å². The summed E-state index contributed by atoms with van der Waals surface area (Å²) in [6.45, 7) is 0. The number of aryl methyl sites for hydroxylation is 1. The molecule has 1 heterocycles. The summed E-state index contributed by atoms with van der Waals surface area (Å²) in [6.07, 6.45) is 4.29. The summed E-state index contributed by atoms with van der Waals surface area (Å²) in [6, 6.07) is 7.87. The molecule has 1 aromatic carbocycles. The molecule has 0 aliphatic heterocycles. The molecule has 0 radical (unpaired) electrons. The van der Waals surface area contributed by atoms with Gasteiger partial charge in [-0.2, -0.15) is 0 Å². The summed E-state index contributed by atoms with van der Waals surface area (Å²) in [5.74, 6) is 1.47. The Morgan fingerprint density at radius 2 is 2.12 bits per heavy atom. The van der Waals surface area contributed by atoms with Crippen LogP contribution in [0.2, 0.25) is 0 Å². The van der Waals surface area contributed by atoms with E-state index in [1.54, 1.807) is 19.5 Å². The van der Waals surface area contributed by atoms with Crippen molar-refractivity contribution in [1.29, 1.82) is 0 Å². The number of nitrogens with zero attached hydrogens (tertiary/aromatic N) is 1. The maximum absolute atomic E-state index is 9.85. The third kappa shape index (κ3) is 3.07. The van der Waals surface area contributed by atoms with Gasteiger partial charge in [0.2, 0.25) is 0 Å². The van der Waals surface area contributed by atoms with Gasteiger partial charge >= 0.3 is 0 Å². The number of H-pyrrole nitrogens is 1. The van der Waals surface area contributed by atoms with E-state index in [0.29, 0.717) is 12.2 Å². The minimum atomic E-state index is -0.535. The van der Waals surface area contributed by atoms with E-state index in [4.69, 9.17) is 4.74 Å². The first kappa shape index (κ1) is 11.7. The third-order valence-electron chi connectivity index (χ3n) is 2.70. The normalized spacial score (nSPS) is 12.4. The maximum atomic E-state index is 9.85. The highest BCUT2D eigenvalue weighted by Crippen LogP contribution is 2.17. The maximum Gasteiger partial charge on any atom is 0.135 e.